The van der Waals surface area contributed by atoms with Crippen molar-refractivity contribution in [3.8, 4) is 11.5 Å². The Morgan fingerprint density at radius 3 is 2.24 bits per heavy atom. The van der Waals surface area contributed by atoms with Gasteiger partial charge in [-0.15, -0.1) is 6.58 Å². The van der Waals surface area contributed by atoms with Crippen LogP contribution in [-0.2, 0) is 27.5 Å². The Balaban J connectivity index is 1.55. The van der Waals surface area contributed by atoms with Gasteiger partial charge in [-0.3, -0.25) is 4.84 Å². The minimum absolute atomic E-state index is 0.192. The highest BCUT2D eigenvalue weighted by atomic mass is 16.7. The number of carbonyl (C=O) groups is 1. The zero-order valence-corrected chi connectivity index (χ0v) is 20.0. The van der Waals surface area contributed by atoms with E-state index < -0.39 is 17.7 Å². The minimum Gasteiger partial charge on any atom is -0.497 e. The number of hydrogen-bond acceptors (Lipinski definition) is 7. The van der Waals surface area contributed by atoms with Crippen molar-refractivity contribution in [2.45, 2.75) is 56.6 Å². The predicted octanol–water partition coefficient (Wildman–Crippen LogP) is 4.08. The van der Waals surface area contributed by atoms with Gasteiger partial charge in [-0.05, 0) is 54.7 Å². The molecule has 3 atom stereocenters. The maximum atomic E-state index is 12.0. The van der Waals surface area contributed by atoms with E-state index in [1.165, 1.54) is 0 Å². The standard InChI is InChI=1S/C27H35NO6/c1-4-23-17-27(30,20-29)26(28(34-23)18-21-8-12-24(31-2)13-9-21)7-5-6-16-33-19-22-10-14-25(32-3)15-11-22/h4,8-15,20,23,26,30H,1,5-7,16-19H2,2-3H3/t23-,26+,27+/m0/s1. The SMILES string of the molecule is C=C[C@H]1C[C@@](O)(C=O)[C@@H](CCCCOCc2ccc(OC)cc2)N(Cc2ccc(OC)cc2)O1. The van der Waals surface area contributed by atoms with Gasteiger partial charge in [0.1, 0.15) is 23.2 Å². The summed E-state index contributed by atoms with van der Waals surface area (Å²) in [5, 5.41) is 12.9. The number of aldehydes is 1. The van der Waals surface area contributed by atoms with Crippen molar-refractivity contribution in [2.75, 3.05) is 20.8 Å². The summed E-state index contributed by atoms with van der Waals surface area (Å²) in [5.74, 6) is 1.59. The second-order valence-electron chi connectivity index (χ2n) is 8.53. The summed E-state index contributed by atoms with van der Waals surface area (Å²) in [4.78, 5) is 18.0. The molecule has 1 aliphatic rings. The maximum Gasteiger partial charge on any atom is 0.153 e. The van der Waals surface area contributed by atoms with Crippen LogP contribution in [0.3, 0.4) is 0 Å². The molecule has 1 heterocycles. The summed E-state index contributed by atoms with van der Waals surface area (Å²) in [6.07, 6.45) is 4.22. The molecule has 1 saturated heterocycles. The zero-order chi connectivity index (χ0) is 24.4. The number of rotatable bonds is 13. The highest BCUT2D eigenvalue weighted by molar-refractivity contribution is 5.64. The lowest BCUT2D eigenvalue weighted by Gasteiger charge is -2.46. The number of ether oxygens (including phenoxy) is 3. The fourth-order valence-corrected chi connectivity index (χ4v) is 4.15. The first-order valence-electron chi connectivity index (χ1n) is 11.6. The smallest absolute Gasteiger partial charge is 0.153 e. The molecule has 0 aromatic heterocycles. The molecular formula is C27H35NO6. The molecule has 0 aliphatic carbocycles. The van der Waals surface area contributed by atoms with Crippen LogP contribution >= 0.6 is 0 Å². The molecule has 7 nitrogen and oxygen atoms in total. The lowest BCUT2D eigenvalue weighted by Crippen LogP contribution is -2.60. The van der Waals surface area contributed by atoms with E-state index in [-0.39, 0.29) is 6.42 Å². The van der Waals surface area contributed by atoms with Crippen molar-refractivity contribution in [3.05, 3.63) is 72.3 Å². The number of hydrogen-bond donors (Lipinski definition) is 1. The van der Waals surface area contributed by atoms with Gasteiger partial charge in [0.15, 0.2) is 6.29 Å². The monoisotopic (exact) mass is 469 g/mol. The van der Waals surface area contributed by atoms with Crippen molar-refractivity contribution < 1.29 is 28.9 Å². The summed E-state index contributed by atoms with van der Waals surface area (Å²) in [6.45, 7) is 5.34. The molecule has 0 bridgehead atoms. The third-order valence-corrected chi connectivity index (χ3v) is 6.13. The number of nitrogens with zero attached hydrogens (tertiary/aromatic N) is 1. The fraction of sp³-hybridized carbons (Fsp3) is 0.444. The lowest BCUT2D eigenvalue weighted by molar-refractivity contribution is -0.286. The van der Waals surface area contributed by atoms with E-state index in [9.17, 15) is 9.90 Å². The van der Waals surface area contributed by atoms with E-state index in [1.807, 2.05) is 48.5 Å². The highest BCUT2D eigenvalue weighted by Gasteiger charge is 2.46. The molecule has 1 aliphatic heterocycles. The van der Waals surface area contributed by atoms with Gasteiger partial charge in [0.2, 0.25) is 0 Å². The van der Waals surface area contributed by atoms with Crippen LogP contribution in [0, 0.1) is 0 Å². The Bertz CT molecular complexity index is 900. The van der Waals surface area contributed by atoms with E-state index in [0.717, 1.165) is 35.5 Å². The Kier molecular flexibility index (Phi) is 9.65. The summed E-state index contributed by atoms with van der Waals surface area (Å²) in [7, 11) is 3.27. The van der Waals surface area contributed by atoms with E-state index in [4.69, 9.17) is 19.0 Å². The van der Waals surface area contributed by atoms with E-state index in [0.29, 0.717) is 32.5 Å². The number of benzene rings is 2. The summed E-state index contributed by atoms with van der Waals surface area (Å²) < 4.78 is 16.2. The Hall–Kier alpha value is -2.71. The van der Waals surface area contributed by atoms with Crippen molar-refractivity contribution in [1.82, 2.24) is 5.06 Å². The second-order valence-corrected chi connectivity index (χ2v) is 8.53. The van der Waals surface area contributed by atoms with Crippen LogP contribution < -0.4 is 9.47 Å². The molecule has 0 spiro atoms. The molecule has 1 N–H and O–H groups in total. The Morgan fingerprint density at radius 1 is 1.06 bits per heavy atom. The second kappa shape index (κ2) is 12.7. The molecule has 7 heteroatoms. The Labute approximate surface area is 201 Å². The van der Waals surface area contributed by atoms with Crippen LogP contribution in [0.5, 0.6) is 11.5 Å². The first-order chi connectivity index (χ1) is 16.5. The third-order valence-electron chi connectivity index (χ3n) is 6.13. The molecule has 2 aromatic carbocycles. The van der Waals surface area contributed by atoms with Crippen molar-refractivity contribution in [1.29, 1.82) is 0 Å². The number of hydroxylamine groups is 2. The van der Waals surface area contributed by atoms with Gasteiger partial charge in [-0.1, -0.05) is 30.3 Å². The third kappa shape index (κ3) is 6.90. The summed E-state index contributed by atoms with van der Waals surface area (Å²) in [6, 6.07) is 15.0. The van der Waals surface area contributed by atoms with Crippen LogP contribution in [0.25, 0.3) is 0 Å². The van der Waals surface area contributed by atoms with Crippen LogP contribution in [0.15, 0.2) is 61.2 Å². The van der Waals surface area contributed by atoms with Gasteiger partial charge < -0.3 is 24.1 Å². The van der Waals surface area contributed by atoms with Gasteiger partial charge in [0.25, 0.3) is 0 Å². The molecule has 34 heavy (non-hydrogen) atoms. The average Bonchev–Trinajstić information content (AvgIpc) is 2.88. The molecule has 0 radical (unpaired) electrons. The topological polar surface area (TPSA) is 77.5 Å². The summed E-state index contributed by atoms with van der Waals surface area (Å²) in [5.41, 5.74) is 0.567. The van der Waals surface area contributed by atoms with Gasteiger partial charge in [0, 0.05) is 19.6 Å². The Morgan fingerprint density at radius 2 is 1.68 bits per heavy atom. The highest BCUT2D eigenvalue weighted by Crippen LogP contribution is 2.33. The van der Waals surface area contributed by atoms with Crippen LogP contribution in [-0.4, -0.2) is 55.0 Å². The largest absolute Gasteiger partial charge is 0.497 e. The predicted molar refractivity (Wildman–Crippen MR) is 130 cm³/mol. The van der Waals surface area contributed by atoms with Gasteiger partial charge in [-0.25, -0.2) is 0 Å². The fourth-order valence-electron chi connectivity index (χ4n) is 4.15. The maximum absolute atomic E-state index is 12.0. The van der Waals surface area contributed by atoms with Crippen molar-refractivity contribution in [2.24, 2.45) is 0 Å². The van der Waals surface area contributed by atoms with Gasteiger partial charge >= 0.3 is 0 Å². The average molecular weight is 470 g/mol. The lowest BCUT2D eigenvalue weighted by atomic mass is 9.84. The molecular weight excluding hydrogens is 434 g/mol. The molecule has 1 fully saturated rings. The molecule has 184 valence electrons. The van der Waals surface area contributed by atoms with E-state index in [1.54, 1.807) is 25.4 Å². The summed E-state index contributed by atoms with van der Waals surface area (Å²) >= 11 is 0. The molecule has 0 amide bonds. The molecule has 0 saturated carbocycles. The zero-order valence-electron chi connectivity index (χ0n) is 20.0. The molecule has 3 rings (SSSR count). The normalized spacial score (nSPS) is 22.8. The van der Waals surface area contributed by atoms with Crippen LogP contribution in [0.4, 0.5) is 0 Å². The minimum atomic E-state index is -1.51. The van der Waals surface area contributed by atoms with Gasteiger partial charge in [-0.2, -0.15) is 5.06 Å². The van der Waals surface area contributed by atoms with Crippen molar-refractivity contribution in [3.63, 3.8) is 0 Å². The molecule has 2 aromatic rings. The number of unbranched alkanes of at least 4 members (excludes halogenated alkanes) is 1. The number of carbonyl (C=O) groups excluding carboxylic acids is 1. The first-order valence-corrected chi connectivity index (χ1v) is 11.6. The number of aliphatic hydroxyl groups is 1. The van der Waals surface area contributed by atoms with E-state index in [2.05, 4.69) is 6.58 Å². The van der Waals surface area contributed by atoms with Crippen LogP contribution in [0.2, 0.25) is 0 Å². The quantitative estimate of drug-likeness (QED) is 0.269. The first kappa shape index (κ1) is 25.9. The van der Waals surface area contributed by atoms with Gasteiger partial charge in [0.05, 0.1) is 26.9 Å². The van der Waals surface area contributed by atoms with E-state index >= 15 is 0 Å². The van der Waals surface area contributed by atoms with Crippen molar-refractivity contribution >= 4 is 6.29 Å². The van der Waals surface area contributed by atoms with Crippen LogP contribution in [0.1, 0.15) is 36.8 Å². The molecule has 0 unspecified atom stereocenters. The number of methoxy groups -OCH3 is 2.